The molecule has 0 saturated carbocycles. The van der Waals surface area contributed by atoms with Crippen molar-refractivity contribution in [1.82, 2.24) is 0 Å². The Kier molecular flexibility index (Phi) is 8.37. The van der Waals surface area contributed by atoms with Crippen LogP contribution in [0.1, 0.15) is 31.8 Å². The highest BCUT2D eigenvalue weighted by molar-refractivity contribution is 5.97. The second-order valence-corrected chi connectivity index (χ2v) is 4.65. The van der Waals surface area contributed by atoms with E-state index in [1.807, 2.05) is 0 Å². The lowest BCUT2D eigenvalue weighted by Crippen LogP contribution is -2.13. The molecule has 1 amide bonds. The summed E-state index contributed by atoms with van der Waals surface area (Å²) in [6, 6.07) is 12.1. The highest BCUT2D eigenvalue weighted by Gasteiger charge is 2.02. The zero-order valence-electron chi connectivity index (χ0n) is 13.0. The molecule has 0 aromatic heterocycles. The number of nitrogens with two attached hydrogens (primary N) is 3. The zero-order valence-corrected chi connectivity index (χ0v) is 13.8. The Bertz CT molecular complexity index is 640. The van der Waals surface area contributed by atoms with E-state index in [-0.39, 0.29) is 29.6 Å². The number of carbonyl (C=O) groups is 2. The van der Waals surface area contributed by atoms with Gasteiger partial charge in [0.25, 0.3) is 0 Å². The van der Waals surface area contributed by atoms with E-state index in [0.29, 0.717) is 16.7 Å². The third kappa shape index (κ3) is 6.71. The fraction of sp³-hybridized carbons (Fsp3) is 0. The molecule has 0 radical (unpaired) electrons. The fourth-order valence-corrected chi connectivity index (χ4v) is 1.61. The molecule has 2 rings (SSSR count). The fourth-order valence-electron chi connectivity index (χ4n) is 1.61. The summed E-state index contributed by atoms with van der Waals surface area (Å²) in [5, 5.41) is 22.6. The minimum Gasteiger partial charge on any atom is -0.478 e. The van der Waals surface area contributed by atoms with Crippen LogP contribution in [-0.4, -0.2) is 28.7 Å². The van der Waals surface area contributed by atoms with Crippen molar-refractivity contribution in [3.63, 3.8) is 0 Å². The third-order valence-electron chi connectivity index (χ3n) is 2.92. The molecule has 2 aromatic carbocycles. The van der Waals surface area contributed by atoms with E-state index in [0.717, 1.165) is 0 Å². The number of halogens is 1. The van der Waals surface area contributed by atoms with Gasteiger partial charge < -0.3 is 22.3 Å². The van der Waals surface area contributed by atoms with Gasteiger partial charge in [0.05, 0.1) is 5.56 Å². The molecule has 0 bridgehead atoms. The van der Waals surface area contributed by atoms with Crippen LogP contribution in [0.5, 0.6) is 0 Å². The molecule has 25 heavy (non-hydrogen) atoms. The van der Waals surface area contributed by atoms with Gasteiger partial charge in [-0.25, -0.2) is 4.79 Å². The molecular weight excluding hydrogens is 346 g/mol. The van der Waals surface area contributed by atoms with Crippen LogP contribution in [0.25, 0.3) is 0 Å². The van der Waals surface area contributed by atoms with Gasteiger partial charge in [-0.2, -0.15) is 0 Å². The largest absolute Gasteiger partial charge is 0.478 e. The molecule has 2 aromatic rings. The molecule has 0 spiro atoms. The van der Waals surface area contributed by atoms with Crippen LogP contribution in [0, 0.1) is 10.8 Å². The van der Waals surface area contributed by atoms with Crippen molar-refractivity contribution < 1.29 is 14.7 Å². The molecule has 8 nitrogen and oxygen atoms in total. The topological polar surface area (TPSA) is 180 Å². The van der Waals surface area contributed by atoms with Gasteiger partial charge in [0, 0.05) is 16.7 Å². The maximum absolute atomic E-state index is 10.6. The van der Waals surface area contributed by atoms with Crippen LogP contribution >= 0.6 is 12.4 Å². The minimum atomic E-state index is -0.981. The summed E-state index contributed by atoms with van der Waals surface area (Å²) in [5.41, 5.74) is 17.1. The van der Waals surface area contributed by atoms with Crippen molar-refractivity contribution in [2.24, 2.45) is 17.2 Å². The molecule has 132 valence electrons. The van der Waals surface area contributed by atoms with Crippen LogP contribution < -0.4 is 17.2 Å². The van der Waals surface area contributed by atoms with Gasteiger partial charge in [-0.05, 0) is 24.3 Å². The number of carbonyl (C=O) groups excluding carboxylic acids is 1. The smallest absolute Gasteiger partial charge is 0.335 e. The quantitative estimate of drug-likeness (QED) is 0.351. The number of amides is 1. The molecule has 0 heterocycles. The predicted molar refractivity (Wildman–Crippen MR) is 97.6 cm³/mol. The summed E-state index contributed by atoms with van der Waals surface area (Å²) in [7, 11) is 0. The number of hydrogen-bond acceptors (Lipinski definition) is 4. The lowest BCUT2D eigenvalue weighted by Gasteiger charge is -1.98. The van der Waals surface area contributed by atoms with Crippen LogP contribution in [0.3, 0.4) is 0 Å². The van der Waals surface area contributed by atoms with Crippen molar-refractivity contribution in [2.45, 2.75) is 0 Å². The Morgan fingerprint density at radius 1 is 0.680 bits per heavy atom. The molecule has 0 aliphatic carbocycles. The average molecular weight is 364 g/mol. The Balaban J connectivity index is 0.000000443. The number of primary amides is 1. The maximum atomic E-state index is 10.6. The highest BCUT2D eigenvalue weighted by Crippen LogP contribution is 2.03. The molecule has 9 heteroatoms. The molecule has 0 saturated heterocycles. The highest BCUT2D eigenvalue weighted by atomic mass is 35.5. The van der Waals surface area contributed by atoms with E-state index in [1.54, 1.807) is 24.3 Å². The molecule has 0 aliphatic heterocycles. The summed E-state index contributed by atoms with van der Waals surface area (Å²) in [6.07, 6.45) is 0. The second kappa shape index (κ2) is 9.68. The van der Waals surface area contributed by atoms with Crippen molar-refractivity contribution >= 4 is 36.0 Å². The Morgan fingerprint density at radius 3 is 1.20 bits per heavy atom. The van der Waals surface area contributed by atoms with Gasteiger partial charge in [0.1, 0.15) is 11.7 Å². The average Bonchev–Trinajstić information content (AvgIpc) is 2.55. The Hall–Kier alpha value is -3.39. The normalized spacial score (nSPS) is 8.96. The second-order valence-electron chi connectivity index (χ2n) is 4.65. The first-order chi connectivity index (χ1) is 11.2. The van der Waals surface area contributed by atoms with Gasteiger partial charge in [0.2, 0.25) is 5.91 Å². The van der Waals surface area contributed by atoms with E-state index in [4.69, 9.17) is 33.1 Å². The lowest BCUT2D eigenvalue weighted by molar-refractivity contribution is 0.0696. The van der Waals surface area contributed by atoms with Gasteiger partial charge in [-0.1, -0.05) is 24.3 Å². The van der Waals surface area contributed by atoms with Crippen LogP contribution in [0.2, 0.25) is 0 Å². The molecule has 9 N–H and O–H groups in total. The summed E-state index contributed by atoms with van der Waals surface area (Å²) in [6.45, 7) is 0. The minimum absolute atomic E-state index is 0. The summed E-state index contributed by atoms with van der Waals surface area (Å²) in [4.78, 5) is 21.0. The van der Waals surface area contributed by atoms with Crippen LogP contribution in [-0.2, 0) is 0 Å². The monoisotopic (exact) mass is 363 g/mol. The number of carboxylic acid groups (broad SMARTS) is 1. The number of nitrogens with one attached hydrogen (secondary N) is 2. The summed E-state index contributed by atoms with van der Waals surface area (Å²) >= 11 is 0. The lowest BCUT2D eigenvalue weighted by atomic mass is 10.1. The third-order valence-corrected chi connectivity index (χ3v) is 2.92. The van der Waals surface area contributed by atoms with Crippen molar-refractivity contribution in [3.8, 4) is 0 Å². The summed E-state index contributed by atoms with van der Waals surface area (Å²) < 4.78 is 0. The Labute approximate surface area is 150 Å². The van der Waals surface area contributed by atoms with Gasteiger partial charge in [-0.15, -0.1) is 12.4 Å². The van der Waals surface area contributed by atoms with E-state index in [2.05, 4.69) is 0 Å². The van der Waals surface area contributed by atoms with Gasteiger partial charge >= 0.3 is 5.97 Å². The number of hydrogen-bond donors (Lipinski definition) is 6. The number of rotatable bonds is 4. The van der Waals surface area contributed by atoms with E-state index < -0.39 is 11.9 Å². The first-order valence-corrected chi connectivity index (χ1v) is 6.64. The van der Waals surface area contributed by atoms with Gasteiger partial charge in [-0.3, -0.25) is 15.6 Å². The molecule has 0 unspecified atom stereocenters. The SMILES string of the molecule is Cl.N=C(N)c1ccc(C(=O)O)cc1.N=C(N)c1ccc(C(N)=O)cc1. The van der Waals surface area contributed by atoms with Crippen molar-refractivity contribution in [3.05, 3.63) is 70.8 Å². The molecule has 0 aliphatic rings. The summed E-state index contributed by atoms with van der Waals surface area (Å²) in [5.74, 6) is -1.55. The van der Waals surface area contributed by atoms with Gasteiger partial charge in [0.15, 0.2) is 0 Å². The molecule has 0 atom stereocenters. The van der Waals surface area contributed by atoms with E-state index in [1.165, 1.54) is 24.3 Å². The Morgan fingerprint density at radius 2 is 0.960 bits per heavy atom. The van der Waals surface area contributed by atoms with E-state index in [9.17, 15) is 9.59 Å². The first-order valence-electron chi connectivity index (χ1n) is 6.64. The van der Waals surface area contributed by atoms with E-state index >= 15 is 0 Å². The number of benzene rings is 2. The van der Waals surface area contributed by atoms with Crippen LogP contribution in [0.15, 0.2) is 48.5 Å². The number of nitrogen functional groups attached to an aromatic ring is 2. The van der Waals surface area contributed by atoms with Crippen LogP contribution in [0.4, 0.5) is 0 Å². The number of carboxylic acids is 1. The first kappa shape index (κ1) is 21.6. The number of aromatic carboxylic acids is 1. The zero-order chi connectivity index (χ0) is 18.3. The molecular formula is C16H18ClN5O3. The standard InChI is InChI=1S/C8H9N3O.C8H8N2O2.ClH/c2*9-7(10)5-1-3-6(4-2-5)8(11)12;/h1-4H,(H3,9,10)(H2,11,12);1-4H,(H3,9,10)(H,11,12);1H. The van der Waals surface area contributed by atoms with Crippen molar-refractivity contribution in [1.29, 1.82) is 10.8 Å². The number of amidine groups is 2. The van der Waals surface area contributed by atoms with Crippen molar-refractivity contribution in [2.75, 3.05) is 0 Å². The predicted octanol–water partition coefficient (Wildman–Crippen LogP) is 1.16. The molecule has 0 fully saturated rings. The maximum Gasteiger partial charge on any atom is 0.335 e.